The molecule has 3 atom stereocenters. The Morgan fingerprint density at radius 1 is 1.16 bits per heavy atom. The van der Waals surface area contributed by atoms with Crippen LogP contribution in [0.1, 0.15) is 52.5 Å². The molecule has 0 aromatic heterocycles. The predicted octanol–water partition coefficient (Wildman–Crippen LogP) is 3.95. The molecule has 0 radical (unpaired) electrons. The molecule has 2 fully saturated rings. The maximum atomic E-state index is 6.15. The second-order valence-electron chi connectivity index (χ2n) is 10.4. The molecule has 2 aliphatic rings. The van der Waals surface area contributed by atoms with E-state index in [2.05, 4.69) is 73.6 Å². The molecule has 3 unspecified atom stereocenters. The van der Waals surface area contributed by atoms with Crippen molar-refractivity contribution in [1.82, 2.24) is 15.5 Å². The van der Waals surface area contributed by atoms with Crippen LogP contribution in [0.4, 0.5) is 0 Å². The highest BCUT2D eigenvalue weighted by atomic mass is 16.5. The van der Waals surface area contributed by atoms with Gasteiger partial charge in [0, 0.05) is 45.2 Å². The standard InChI is InChI=1S/C26H44N4O/c1-5-27-25(29-19-23-12-9-17-31-24(23)26(2,3)4)28-18-22-14-16-30(20-22)15-13-21-10-7-6-8-11-21/h6-8,10-11,22-24H,5,9,12-20H2,1-4H3,(H2,27,28,29). The summed E-state index contributed by atoms with van der Waals surface area (Å²) >= 11 is 0. The fraction of sp³-hybridized carbons (Fsp3) is 0.731. The summed E-state index contributed by atoms with van der Waals surface area (Å²) in [5, 5.41) is 7.06. The Morgan fingerprint density at radius 3 is 2.71 bits per heavy atom. The van der Waals surface area contributed by atoms with Crippen LogP contribution >= 0.6 is 0 Å². The SMILES string of the molecule is CCNC(=NCC1CCN(CCc2ccccc2)C1)NCC1CCCOC1C(C)(C)C. The van der Waals surface area contributed by atoms with E-state index in [1.807, 2.05) is 0 Å². The number of ether oxygens (including phenoxy) is 1. The fourth-order valence-corrected chi connectivity index (χ4v) is 5.00. The van der Waals surface area contributed by atoms with Crippen molar-refractivity contribution in [2.24, 2.45) is 22.2 Å². The molecule has 5 heteroatoms. The van der Waals surface area contributed by atoms with Crippen LogP contribution in [0.15, 0.2) is 35.3 Å². The molecule has 0 spiro atoms. The van der Waals surface area contributed by atoms with Crippen LogP contribution < -0.4 is 10.6 Å². The molecule has 0 saturated carbocycles. The van der Waals surface area contributed by atoms with E-state index < -0.39 is 0 Å². The van der Waals surface area contributed by atoms with Gasteiger partial charge in [0.05, 0.1) is 6.10 Å². The normalized spacial score (nSPS) is 25.5. The molecule has 2 saturated heterocycles. The molecule has 2 N–H and O–H groups in total. The number of aliphatic imine (C=N–C) groups is 1. The van der Waals surface area contributed by atoms with Gasteiger partial charge in [-0.2, -0.15) is 0 Å². The van der Waals surface area contributed by atoms with Gasteiger partial charge in [-0.3, -0.25) is 4.99 Å². The second kappa shape index (κ2) is 11.9. The van der Waals surface area contributed by atoms with E-state index in [0.29, 0.717) is 17.9 Å². The van der Waals surface area contributed by atoms with E-state index in [9.17, 15) is 0 Å². The minimum atomic E-state index is 0.176. The van der Waals surface area contributed by atoms with Gasteiger partial charge in [0.25, 0.3) is 0 Å². The molecular formula is C26H44N4O. The first-order valence-electron chi connectivity index (χ1n) is 12.4. The molecule has 2 heterocycles. The highest BCUT2D eigenvalue weighted by Gasteiger charge is 2.35. The Labute approximate surface area is 190 Å². The molecule has 174 valence electrons. The largest absolute Gasteiger partial charge is 0.377 e. The smallest absolute Gasteiger partial charge is 0.191 e. The molecule has 2 aliphatic heterocycles. The van der Waals surface area contributed by atoms with Crippen molar-refractivity contribution >= 4 is 5.96 Å². The number of hydrogen-bond donors (Lipinski definition) is 2. The van der Waals surface area contributed by atoms with Crippen molar-refractivity contribution in [3.8, 4) is 0 Å². The van der Waals surface area contributed by atoms with Crippen molar-refractivity contribution in [1.29, 1.82) is 0 Å². The zero-order chi connectivity index (χ0) is 22.1. The van der Waals surface area contributed by atoms with E-state index in [1.165, 1.54) is 24.9 Å². The topological polar surface area (TPSA) is 48.9 Å². The van der Waals surface area contributed by atoms with Crippen molar-refractivity contribution in [2.45, 2.75) is 59.5 Å². The highest BCUT2D eigenvalue weighted by Crippen LogP contribution is 2.33. The summed E-state index contributed by atoms with van der Waals surface area (Å²) in [6.45, 7) is 16.2. The van der Waals surface area contributed by atoms with Crippen molar-refractivity contribution in [3.05, 3.63) is 35.9 Å². The predicted molar refractivity (Wildman–Crippen MR) is 131 cm³/mol. The molecular weight excluding hydrogens is 384 g/mol. The number of guanidine groups is 1. The van der Waals surface area contributed by atoms with Gasteiger partial charge < -0.3 is 20.3 Å². The van der Waals surface area contributed by atoms with Gasteiger partial charge in [0.2, 0.25) is 0 Å². The van der Waals surface area contributed by atoms with Crippen LogP contribution in [0.5, 0.6) is 0 Å². The van der Waals surface area contributed by atoms with Gasteiger partial charge >= 0.3 is 0 Å². The zero-order valence-corrected chi connectivity index (χ0v) is 20.2. The summed E-state index contributed by atoms with van der Waals surface area (Å²) in [6, 6.07) is 10.8. The lowest BCUT2D eigenvalue weighted by Crippen LogP contribution is -2.47. The Bertz CT molecular complexity index is 670. The van der Waals surface area contributed by atoms with E-state index >= 15 is 0 Å². The van der Waals surface area contributed by atoms with Gasteiger partial charge in [-0.05, 0) is 56.0 Å². The Kier molecular flexibility index (Phi) is 9.21. The molecule has 0 bridgehead atoms. The first-order chi connectivity index (χ1) is 15.0. The van der Waals surface area contributed by atoms with Crippen LogP contribution in [0, 0.1) is 17.3 Å². The molecule has 5 nitrogen and oxygen atoms in total. The van der Waals surface area contributed by atoms with Gasteiger partial charge in [-0.1, -0.05) is 51.1 Å². The molecule has 3 rings (SSSR count). The minimum Gasteiger partial charge on any atom is -0.377 e. The Balaban J connectivity index is 1.45. The van der Waals surface area contributed by atoms with Gasteiger partial charge in [-0.25, -0.2) is 0 Å². The van der Waals surface area contributed by atoms with Crippen LogP contribution in [0.25, 0.3) is 0 Å². The van der Waals surface area contributed by atoms with Crippen LogP contribution in [-0.2, 0) is 11.2 Å². The van der Waals surface area contributed by atoms with E-state index in [4.69, 9.17) is 9.73 Å². The third kappa shape index (κ3) is 7.80. The summed E-state index contributed by atoms with van der Waals surface area (Å²) in [6.07, 6.45) is 5.09. The molecule has 31 heavy (non-hydrogen) atoms. The maximum absolute atomic E-state index is 6.15. The average Bonchev–Trinajstić information content (AvgIpc) is 3.22. The van der Waals surface area contributed by atoms with Crippen molar-refractivity contribution < 1.29 is 4.74 Å². The highest BCUT2D eigenvalue weighted by molar-refractivity contribution is 5.79. The van der Waals surface area contributed by atoms with E-state index in [0.717, 1.165) is 58.1 Å². The van der Waals surface area contributed by atoms with Crippen molar-refractivity contribution in [3.63, 3.8) is 0 Å². The molecule has 0 amide bonds. The monoisotopic (exact) mass is 428 g/mol. The van der Waals surface area contributed by atoms with Crippen LogP contribution in [0.3, 0.4) is 0 Å². The lowest BCUT2D eigenvalue weighted by atomic mass is 9.78. The summed E-state index contributed by atoms with van der Waals surface area (Å²) in [5.74, 6) is 2.16. The van der Waals surface area contributed by atoms with E-state index in [-0.39, 0.29) is 5.41 Å². The fourth-order valence-electron chi connectivity index (χ4n) is 5.00. The summed E-state index contributed by atoms with van der Waals surface area (Å²) in [5.41, 5.74) is 1.61. The first-order valence-corrected chi connectivity index (χ1v) is 12.4. The zero-order valence-electron chi connectivity index (χ0n) is 20.2. The number of likely N-dealkylation sites (tertiary alicyclic amines) is 1. The van der Waals surface area contributed by atoms with Gasteiger partial charge in [-0.15, -0.1) is 0 Å². The van der Waals surface area contributed by atoms with Crippen LogP contribution in [0.2, 0.25) is 0 Å². The Morgan fingerprint density at radius 2 is 1.97 bits per heavy atom. The number of nitrogens with one attached hydrogen (secondary N) is 2. The summed E-state index contributed by atoms with van der Waals surface area (Å²) < 4.78 is 6.15. The van der Waals surface area contributed by atoms with Gasteiger partial charge in [0.1, 0.15) is 0 Å². The third-order valence-corrected chi connectivity index (χ3v) is 6.61. The van der Waals surface area contributed by atoms with Crippen LogP contribution in [-0.4, -0.2) is 62.8 Å². The molecule has 1 aromatic rings. The number of benzene rings is 1. The molecule has 0 aliphatic carbocycles. The average molecular weight is 429 g/mol. The molecule has 1 aromatic carbocycles. The first kappa shape index (κ1) is 24.1. The van der Waals surface area contributed by atoms with Crippen molar-refractivity contribution in [2.75, 3.05) is 45.9 Å². The second-order valence-corrected chi connectivity index (χ2v) is 10.4. The quantitative estimate of drug-likeness (QED) is 0.486. The summed E-state index contributed by atoms with van der Waals surface area (Å²) in [4.78, 5) is 7.54. The summed E-state index contributed by atoms with van der Waals surface area (Å²) in [7, 11) is 0. The number of hydrogen-bond acceptors (Lipinski definition) is 3. The lowest BCUT2D eigenvalue weighted by Gasteiger charge is -2.40. The third-order valence-electron chi connectivity index (χ3n) is 6.61. The number of nitrogens with zero attached hydrogens (tertiary/aromatic N) is 2. The maximum Gasteiger partial charge on any atom is 0.191 e. The number of rotatable bonds is 8. The Hall–Kier alpha value is -1.59. The van der Waals surface area contributed by atoms with Gasteiger partial charge in [0.15, 0.2) is 5.96 Å². The van der Waals surface area contributed by atoms with E-state index in [1.54, 1.807) is 0 Å². The minimum absolute atomic E-state index is 0.176. The lowest BCUT2D eigenvalue weighted by molar-refractivity contribution is -0.0835.